The maximum absolute atomic E-state index is 5.64. The van der Waals surface area contributed by atoms with Crippen molar-refractivity contribution in [2.24, 2.45) is 0 Å². The van der Waals surface area contributed by atoms with Gasteiger partial charge in [0.05, 0.1) is 0 Å². The van der Waals surface area contributed by atoms with E-state index in [1.165, 1.54) is 5.56 Å². The molecule has 0 bridgehead atoms. The predicted octanol–water partition coefficient (Wildman–Crippen LogP) is 7.73. The van der Waals surface area contributed by atoms with Crippen LogP contribution < -0.4 is 4.72 Å². The highest BCUT2D eigenvalue weighted by Gasteiger charge is 2.23. The normalized spacial score (nSPS) is 12.9. The van der Waals surface area contributed by atoms with Crippen LogP contribution in [0.1, 0.15) is 38.1 Å². The first-order chi connectivity index (χ1) is 14.8. The predicted molar refractivity (Wildman–Crippen MR) is 136 cm³/mol. The molecule has 31 heavy (non-hydrogen) atoms. The summed E-state index contributed by atoms with van der Waals surface area (Å²) in [5.74, 6) is 0. The number of halogens is 2. The minimum atomic E-state index is 0.0458. The van der Waals surface area contributed by atoms with Crippen LogP contribution in [-0.2, 0) is 6.42 Å². The van der Waals surface area contributed by atoms with Gasteiger partial charge in [0, 0.05) is 38.3 Å². The van der Waals surface area contributed by atoms with Gasteiger partial charge in [0.2, 0.25) is 0 Å². The minimum Gasteiger partial charge on any atom is -0.356 e. The second kappa shape index (κ2) is 9.45. The SMILES string of the molecule is CC(C)(C)SNC(Cc1cccc(Br)n1)c1ccccc1-c1noc2cc(Br)ccc12. The molecule has 0 saturated carbocycles. The fourth-order valence-electron chi connectivity index (χ4n) is 3.36. The molecular formula is C24H23Br2N3OS. The summed E-state index contributed by atoms with van der Waals surface area (Å²) >= 11 is 8.73. The highest BCUT2D eigenvalue weighted by molar-refractivity contribution is 9.10. The first kappa shape index (κ1) is 22.5. The van der Waals surface area contributed by atoms with Crippen molar-refractivity contribution < 1.29 is 4.52 Å². The summed E-state index contributed by atoms with van der Waals surface area (Å²) in [6.07, 6.45) is 0.751. The summed E-state index contributed by atoms with van der Waals surface area (Å²) in [6, 6.07) is 20.5. The third-order valence-electron chi connectivity index (χ3n) is 4.72. The molecule has 0 aliphatic carbocycles. The van der Waals surface area contributed by atoms with Crippen LogP contribution in [0.5, 0.6) is 0 Å². The van der Waals surface area contributed by atoms with Gasteiger partial charge in [-0.2, -0.15) is 0 Å². The Hall–Kier alpha value is -1.67. The largest absolute Gasteiger partial charge is 0.356 e. The third-order valence-corrected chi connectivity index (χ3v) is 6.67. The zero-order valence-electron chi connectivity index (χ0n) is 17.5. The van der Waals surface area contributed by atoms with Crippen molar-refractivity contribution in [2.75, 3.05) is 0 Å². The van der Waals surface area contributed by atoms with Crippen LogP contribution in [0.15, 0.2) is 74.3 Å². The van der Waals surface area contributed by atoms with Gasteiger partial charge in [-0.15, -0.1) is 0 Å². The van der Waals surface area contributed by atoms with Gasteiger partial charge in [-0.25, -0.2) is 4.98 Å². The van der Waals surface area contributed by atoms with Crippen LogP contribution in [0.3, 0.4) is 0 Å². The molecule has 4 rings (SSSR count). The summed E-state index contributed by atoms with van der Waals surface area (Å²) < 4.78 is 11.2. The van der Waals surface area contributed by atoms with Crippen molar-refractivity contribution in [3.05, 3.63) is 81.0 Å². The van der Waals surface area contributed by atoms with E-state index in [0.29, 0.717) is 0 Å². The molecule has 7 heteroatoms. The Kier molecular flexibility index (Phi) is 6.86. The molecule has 4 aromatic rings. The van der Waals surface area contributed by atoms with Crippen LogP contribution >= 0.6 is 43.8 Å². The van der Waals surface area contributed by atoms with Crippen molar-refractivity contribution >= 4 is 54.8 Å². The van der Waals surface area contributed by atoms with E-state index >= 15 is 0 Å². The molecule has 0 aliphatic heterocycles. The number of pyridine rings is 1. The number of benzene rings is 2. The van der Waals surface area contributed by atoms with E-state index < -0.39 is 0 Å². The number of aromatic nitrogens is 2. The van der Waals surface area contributed by atoms with Gasteiger partial charge in [-0.1, -0.05) is 63.4 Å². The van der Waals surface area contributed by atoms with Gasteiger partial charge < -0.3 is 4.52 Å². The van der Waals surface area contributed by atoms with E-state index in [-0.39, 0.29) is 10.8 Å². The molecule has 1 atom stereocenters. The fourth-order valence-corrected chi connectivity index (χ4v) is 4.78. The lowest BCUT2D eigenvalue weighted by Gasteiger charge is -2.25. The van der Waals surface area contributed by atoms with Crippen LogP contribution in [-0.4, -0.2) is 14.9 Å². The maximum Gasteiger partial charge on any atom is 0.168 e. The molecule has 0 saturated heterocycles. The first-order valence-corrected chi connectivity index (χ1v) is 12.4. The molecule has 1 N–H and O–H groups in total. The Bertz CT molecular complexity index is 1200. The fraction of sp³-hybridized carbons (Fsp3) is 0.250. The summed E-state index contributed by atoms with van der Waals surface area (Å²) in [7, 11) is 0. The Balaban J connectivity index is 1.77. The molecule has 2 heterocycles. The lowest BCUT2D eigenvalue weighted by Crippen LogP contribution is -2.24. The van der Waals surface area contributed by atoms with Crippen LogP contribution in [0.2, 0.25) is 0 Å². The molecule has 0 amide bonds. The molecule has 1 unspecified atom stereocenters. The van der Waals surface area contributed by atoms with E-state index in [9.17, 15) is 0 Å². The van der Waals surface area contributed by atoms with Crippen LogP contribution in [0.25, 0.3) is 22.2 Å². The summed E-state index contributed by atoms with van der Waals surface area (Å²) in [4.78, 5) is 4.66. The Morgan fingerprint density at radius 1 is 1.03 bits per heavy atom. The van der Waals surface area contributed by atoms with E-state index in [2.05, 4.69) is 91.8 Å². The van der Waals surface area contributed by atoms with Gasteiger partial charge in [0.25, 0.3) is 0 Å². The van der Waals surface area contributed by atoms with Gasteiger partial charge >= 0.3 is 0 Å². The Labute approximate surface area is 203 Å². The number of nitrogens with one attached hydrogen (secondary N) is 1. The van der Waals surface area contributed by atoms with Gasteiger partial charge in [-0.05, 0) is 72.6 Å². The molecule has 0 aliphatic rings. The standard InChI is InChI=1S/C24H23Br2N3OS/c1-24(2,3)31-29-20(14-16-7-6-10-22(26)27-16)17-8-4-5-9-18(17)23-19-12-11-15(25)13-21(19)30-28-23/h4-13,20,29H,14H2,1-3H3. The summed E-state index contributed by atoms with van der Waals surface area (Å²) in [6.45, 7) is 6.61. The molecule has 160 valence electrons. The molecule has 2 aromatic heterocycles. The maximum atomic E-state index is 5.64. The van der Waals surface area contributed by atoms with Gasteiger partial charge in [-0.3, -0.25) is 4.72 Å². The second-order valence-corrected chi connectivity index (χ2v) is 11.7. The van der Waals surface area contributed by atoms with Crippen LogP contribution in [0, 0.1) is 0 Å². The average molecular weight is 561 g/mol. The van der Waals surface area contributed by atoms with E-state index in [1.807, 2.05) is 36.4 Å². The van der Waals surface area contributed by atoms with E-state index in [1.54, 1.807) is 11.9 Å². The first-order valence-electron chi connectivity index (χ1n) is 9.99. The smallest absolute Gasteiger partial charge is 0.168 e. The lowest BCUT2D eigenvalue weighted by atomic mass is 9.94. The monoisotopic (exact) mass is 559 g/mol. The second-order valence-electron chi connectivity index (χ2n) is 8.30. The van der Waals surface area contributed by atoms with E-state index in [4.69, 9.17) is 4.52 Å². The van der Waals surface area contributed by atoms with Crippen molar-refractivity contribution in [1.82, 2.24) is 14.9 Å². The molecule has 0 radical (unpaired) electrons. The number of rotatable bonds is 6. The third kappa shape index (κ3) is 5.58. The van der Waals surface area contributed by atoms with Crippen molar-refractivity contribution in [3.63, 3.8) is 0 Å². The minimum absolute atomic E-state index is 0.0458. The highest BCUT2D eigenvalue weighted by Crippen LogP contribution is 2.36. The number of hydrogen-bond acceptors (Lipinski definition) is 5. The molecule has 4 nitrogen and oxygen atoms in total. The van der Waals surface area contributed by atoms with Gasteiger partial charge in [0.15, 0.2) is 5.58 Å². The van der Waals surface area contributed by atoms with Crippen molar-refractivity contribution in [2.45, 2.75) is 38.0 Å². The Morgan fingerprint density at radius 3 is 2.61 bits per heavy atom. The molecule has 2 aromatic carbocycles. The van der Waals surface area contributed by atoms with Gasteiger partial charge in [0.1, 0.15) is 10.3 Å². The quantitative estimate of drug-likeness (QED) is 0.193. The zero-order chi connectivity index (χ0) is 22.0. The molecule has 0 fully saturated rings. The zero-order valence-corrected chi connectivity index (χ0v) is 21.5. The van der Waals surface area contributed by atoms with Crippen LogP contribution in [0.4, 0.5) is 0 Å². The molecule has 0 spiro atoms. The van der Waals surface area contributed by atoms with Crippen molar-refractivity contribution in [1.29, 1.82) is 0 Å². The highest BCUT2D eigenvalue weighted by atomic mass is 79.9. The summed E-state index contributed by atoms with van der Waals surface area (Å²) in [5, 5.41) is 5.42. The Morgan fingerprint density at radius 2 is 1.84 bits per heavy atom. The number of hydrogen-bond donors (Lipinski definition) is 1. The lowest BCUT2D eigenvalue weighted by molar-refractivity contribution is 0.459. The topological polar surface area (TPSA) is 51.0 Å². The summed E-state index contributed by atoms with van der Waals surface area (Å²) in [5.41, 5.74) is 4.86. The van der Waals surface area contributed by atoms with E-state index in [0.717, 1.165) is 43.4 Å². The number of nitrogens with zero attached hydrogens (tertiary/aromatic N) is 2. The number of fused-ring (bicyclic) bond motifs is 1. The molecular weight excluding hydrogens is 538 g/mol. The van der Waals surface area contributed by atoms with Crippen molar-refractivity contribution in [3.8, 4) is 11.3 Å². The average Bonchev–Trinajstić information content (AvgIpc) is 3.13.